The molecule has 0 aliphatic heterocycles. The number of nitrogens with zero attached hydrogens (tertiary/aromatic N) is 1. The second-order valence-corrected chi connectivity index (χ2v) is 9.10. The Hall–Kier alpha value is -0.390. The van der Waals surface area contributed by atoms with Gasteiger partial charge < -0.3 is 4.90 Å². The summed E-state index contributed by atoms with van der Waals surface area (Å²) < 4.78 is 30.1. The van der Waals surface area contributed by atoms with E-state index >= 15 is 0 Å². The monoisotopic (exact) mass is 389 g/mol. The van der Waals surface area contributed by atoms with Crippen molar-refractivity contribution in [2.45, 2.75) is 96.8 Å². The van der Waals surface area contributed by atoms with Gasteiger partial charge in [0.2, 0.25) is 0 Å². The summed E-state index contributed by atoms with van der Waals surface area (Å²) in [5.41, 5.74) is 0. The molecule has 0 aliphatic carbocycles. The zero-order valence-electron chi connectivity index (χ0n) is 17.3. The maximum Gasteiger partial charge on any atom is 0.266 e. The van der Waals surface area contributed by atoms with E-state index in [0.717, 1.165) is 13.0 Å². The summed E-state index contributed by atoms with van der Waals surface area (Å²) in [6, 6.07) is 0. The SMILES string of the molecule is CCCCCCCCC=CCCCCCCCCN(C)CCS(=O)(=O)O. The van der Waals surface area contributed by atoms with Crippen molar-refractivity contribution in [2.75, 3.05) is 25.9 Å². The molecule has 0 aromatic carbocycles. The lowest BCUT2D eigenvalue weighted by Crippen LogP contribution is -2.26. The van der Waals surface area contributed by atoms with Crippen LogP contribution in [0.1, 0.15) is 96.8 Å². The van der Waals surface area contributed by atoms with Crippen LogP contribution in [0.4, 0.5) is 0 Å². The van der Waals surface area contributed by atoms with E-state index in [4.69, 9.17) is 4.55 Å². The van der Waals surface area contributed by atoms with Crippen LogP contribution in [0.5, 0.6) is 0 Å². The molecule has 0 bridgehead atoms. The summed E-state index contributed by atoms with van der Waals surface area (Å²) in [6.45, 7) is 3.57. The normalized spacial score (nSPS) is 12.5. The third-order valence-electron chi connectivity index (χ3n) is 4.78. The highest BCUT2D eigenvalue weighted by Crippen LogP contribution is 2.10. The second-order valence-electron chi connectivity index (χ2n) is 7.53. The molecule has 0 radical (unpaired) electrons. The predicted octanol–water partition coefficient (Wildman–Crippen LogP) is 5.84. The molecule has 0 unspecified atom stereocenters. The molecule has 0 spiro atoms. The molecule has 5 heteroatoms. The fraction of sp³-hybridized carbons (Fsp3) is 0.905. The van der Waals surface area contributed by atoms with Crippen molar-refractivity contribution in [3.63, 3.8) is 0 Å². The van der Waals surface area contributed by atoms with Gasteiger partial charge in [0.25, 0.3) is 10.1 Å². The van der Waals surface area contributed by atoms with Gasteiger partial charge in [-0.25, -0.2) is 0 Å². The van der Waals surface area contributed by atoms with Gasteiger partial charge in [-0.1, -0.05) is 76.9 Å². The molecule has 4 nitrogen and oxygen atoms in total. The molecule has 0 aromatic rings. The van der Waals surface area contributed by atoms with Crippen molar-refractivity contribution in [2.24, 2.45) is 0 Å². The van der Waals surface area contributed by atoms with Crippen molar-refractivity contribution in [3.05, 3.63) is 12.2 Å². The summed E-state index contributed by atoms with van der Waals surface area (Å²) >= 11 is 0. The fourth-order valence-corrected chi connectivity index (χ4v) is 3.55. The van der Waals surface area contributed by atoms with Gasteiger partial charge in [-0.05, 0) is 45.7 Å². The van der Waals surface area contributed by atoms with Crippen LogP contribution >= 0.6 is 0 Å². The van der Waals surface area contributed by atoms with E-state index in [9.17, 15) is 8.42 Å². The first-order valence-electron chi connectivity index (χ1n) is 10.7. The molecule has 0 amide bonds. The molecule has 0 saturated carbocycles. The second kappa shape index (κ2) is 18.0. The standard InChI is InChI=1S/C21H43NO3S/c1-3-4-5-6-7-8-9-10-11-12-13-14-15-16-17-18-19-22(2)20-21-26(23,24)25/h10-11H,3-9,12-21H2,1-2H3,(H,23,24,25). The summed E-state index contributed by atoms with van der Waals surface area (Å²) in [5.74, 6) is -0.171. The first kappa shape index (κ1) is 25.6. The van der Waals surface area contributed by atoms with E-state index in [-0.39, 0.29) is 5.75 Å². The minimum Gasteiger partial charge on any atom is -0.305 e. The van der Waals surface area contributed by atoms with E-state index in [2.05, 4.69) is 19.1 Å². The Balaban J connectivity index is 3.25. The zero-order chi connectivity index (χ0) is 19.5. The largest absolute Gasteiger partial charge is 0.305 e. The topological polar surface area (TPSA) is 57.6 Å². The molecular weight excluding hydrogens is 346 g/mol. The van der Waals surface area contributed by atoms with E-state index in [1.54, 1.807) is 0 Å². The lowest BCUT2D eigenvalue weighted by Gasteiger charge is -2.15. The smallest absolute Gasteiger partial charge is 0.266 e. The highest BCUT2D eigenvalue weighted by Gasteiger charge is 2.06. The minimum absolute atomic E-state index is 0.171. The molecule has 0 heterocycles. The molecule has 156 valence electrons. The van der Waals surface area contributed by atoms with E-state index in [1.807, 2.05) is 11.9 Å². The summed E-state index contributed by atoms with van der Waals surface area (Å²) in [4.78, 5) is 1.97. The lowest BCUT2D eigenvalue weighted by atomic mass is 10.1. The summed E-state index contributed by atoms with van der Waals surface area (Å²) in [6.07, 6.45) is 22.9. The van der Waals surface area contributed by atoms with Crippen LogP contribution in [0.25, 0.3) is 0 Å². The van der Waals surface area contributed by atoms with Crippen LogP contribution in [0.3, 0.4) is 0 Å². The van der Waals surface area contributed by atoms with Crippen LogP contribution in [0.2, 0.25) is 0 Å². The van der Waals surface area contributed by atoms with E-state index in [1.165, 1.54) is 83.5 Å². The third-order valence-corrected chi connectivity index (χ3v) is 5.48. The Bertz CT molecular complexity index is 421. The molecule has 26 heavy (non-hydrogen) atoms. The summed E-state index contributed by atoms with van der Waals surface area (Å²) in [7, 11) is -1.92. The Morgan fingerprint density at radius 1 is 0.731 bits per heavy atom. The van der Waals surface area contributed by atoms with E-state index < -0.39 is 10.1 Å². The van der Waals surface area contributed by atoms with Crippen molar-refractivity contribution < 1.29 is 13.0 Å². The number of rotatable bonds is 19. The van der Waals surface area contributed by atoms with Crippen LogP contribution < -0.4 is 0 Å². The minimum atomic E-state index is -3.83. The molecule has 0 atom stereocenters. The maximum absolute atomic E-state index is 10.7. The number of hydrogen-bond acceptors (Lipinski definition) is 3. The quantitative estimate of drug-likeness (QED) is 0.171. The maximum atomic E-state index is 10.7. The van der Waals surface area contributed by atoms with Crippen molar-refractivity contribution in [1.82, 2.24) is 4.90 Å². The first-order valence-corrected chi connectivity index (χ1v) is 12.4. The van der Waals surface area contributed by atoms with E-state index in [0.29, 0.717) is 6.54 Å². The molecule has 0 rings (SSSR count). The fourth-order valence-electron chi connectivity index (χ4n) is 3.01. The van der Waals surface area contributed by atoms with Gasteiger partial charge in [-0.15, -0.1) is 0 Å². The van der Waals surface area contributed by atoms with Gasteiger partial charge >= 0.3 is 0 Å². The average molecular weight is 390 g/mol. The van der Waals surface area contributed by atoms with Gasteiger partial charge in [0.15, 0.2) is 0 Å². The Morgan fingerprint density at radius 3 is 1.69 bits per heavy atom. The molecule has 1 N–H and O–H groups in total. The first-order chi connectivity index (χ1) is 12.5. The molecule has 0 aliphatic rings. The predicted molar refractivity (Wildman–Crippen MR) is 113 cm³/mol. The average Bonchev–Trinajstić information content (AvgIpc) is 2.59. The van der Waals surface area contributed by atoms with Gasteiger partial charge in [-0.3, -0.25) is 4.55 Å². The van der Waals surface area contributed by atoms with Crippen molar-refractivity contribution in [3.8, 4) is 0 Å². The van der Waals surface area contributed by atoms with Crippen molar-refractivity contribution in [1.29, 1.82) is 0 Å². The highest BCUT2D eigenvalue weighted by atomic mass is 32.2. The molecule has 0 fully saturated rings. The Labute approximate surface area is 163 Å². The zero-order valence-corrected chi connectivity index (χ0v) is 18.1. The third kappa shape index (κ3) is 21.7. The van der Waals surface area contributed by atoms with Crippen molar-refractivity contribution >= 4 is 10.1 Å². The van der Waals surface area contributed by atoms with Crippen LogP contribution in [-0.4, -0.2) is 43.8 Å². The Kier molecular flexibility index (Phi) is 17.7. The highest BCUT2D eigenvalue weighted by molar-refractivity contribution is 7.85. The van der Waals surface area contributed by atoms with Gasteiger partial charge in [-0.2, -0.15) is 8.42 Å². The number of hydrogen-bond donors (Lipinski definition) is 1. The number of unbranched alkanes of at least 4 members (excludes halogenated alkanes) is 12. The van der Waals surface area contributed by atoms with Crippen LogP contribution in [0, 0.1) is 0 Å². The van der Waals surface area contributed by atoms with Gasteiger partial charge in [0.05, 0.1) is 5.75 Å². The van der Waals surface area contributed by atoms with Gasteiger partial charge in [0.1, 0.15) is 0 Å². The lowest BCUT2D eigenvalue weighted by molar-refractivity contribution is 0.337. The van der Waals surface area contributed by atoms with Gasteiger partial charge in [0, 0.05) is 6.54 Å². The molecule has 0 saturated heterocycles. The summed E-state index contributed by atoms with van der Waals surface area (Å²) in [5, 5.41) is 0. The molecular formula is C21H43NO3S. The Morgan fingerprint density at radius 2 is 1.19 bits per heavy atom. The number of allylic oxidation sites excluding steroid dienone is 2. The van der Waals surface area contributed by atoms with Crippen LogP contribution in [0.15, 0.2) is 12.2 Å². The van der Waals surface area contributed by atoms with Crippen LogP contribution in [-0.2, 0) is 10.1 Å². The molecule has 0 aromatic heterocycles.